The van der Waals surface area contributed by atoms with Crippen LogP contribution in [0.4, 0.5) is 0 Å². The number of pyridine rings is 1. The molecule has 4 rings (SSSR count). The molecule has 1 amide bonds. The van der Waals surface area contributed by atoms with Crippen LogP contribution in [0.3, 0.4) is 0 Å². The van der Waals surface area contributed by atoms with Crippen LogP contribution in [-0.2, 0) is 22.7 Å². The summed E-state index contributed by atoms with van der Waals surface area (Å²) in [5.41, 5.74) is 2.86. The van der Waals surface area contributed by atoms with Crippen molar-refractivity contribution in [1.29, 1.82) is 0 Å². The van der Waals surface area contributed by atoms with Crippen molar-refractivity contribution in [1.82, 2.24) is 9.88 Å². The van der Waals surface area contributed by atoms with Crippen LogP contribution in [0.15, 0.2) is 79.1 Å². The Labute approximate surface area is 199 Å². The Morgan fingerprint density at radius 2 is 1.97 bits per heavy atom. The Balaban J connectivity index is 1.41. The zero-order valence-corrected chi connectivity index (χ0v) is 19.2. The van der Waals surface area contributed by atoms with Gasteiger partial charge < -0.3 is 14.4 Å². The van der Waals surface area contributed by atoms with Gasteiger partial charge in [0, 0.05) is 48.8 Å². The Morgan fingerprint density at radius 1 is 1.12 bits per heavy atom. The molecular formula is C27H27ClN2O3. The predicted octanol–water partition coefficient (Wildman–Crippen LogP) is 5.54. The third kappa shape index (κ3) is 6.91. The molecule has 0 aliphatic carbocycles. The minimum Gasteiger partial charge on any atom is -0.489 e. The number of halogens is 1. The largest absolute Gasteiger partial charge is 0.489 e. The Morgan fingerprint density at radius 3 is 2.70 bits per heavy atom. The predicted molar refractivity (Wildman–Crippen MR) is 130 cm³/mol. The van der Waals surface area contributed by atoms with Gasteiger partial charge in [-0.1, -0.05) is 48.0 Å². The number of hydrogen-bond donors (Lipinski definition) is 0. The average molecular weight is 463 g/mol. The third-order valence-electron chi connectivity index (χ3n) is 5.50. The molecule has 0 bridgehead atoms. The van der Waals surface area contributed by atoms with Gasteiger partial charge in [0.1, 0.15) is 12.4 Å². The minimum absolute atomic E-state index is 0.0673. The lowest BCUT2D eigenvalue weighted by Gasteiger charge is -2.24. The zero-order chi connectivity index (χ0) is 22.9. The maximum absolute atomic E-state index is 13.1. The maximum Gasteiger partial charge on any atom is 0.246 e. The van der Waals surface area contributed by atoms with E-state index in [2.05, 4.69) is 4.98 Å². The summed E-state index contributed by atoms with van der Waals surface area (Å²) in [6.07, 6.45) is 8.96. The topological polar surface area (TPSA) is 51.7 Å². The van der Waals surface area contributed by atoms with E-state index >= 15 is 0 Å². The summed E-state index contributed by atoms with van der Waals surface area (Å²) in [4.78, 5) is 19.0. The van der Waals surface area contributed by atoms with E-state index in [0.29, 0.717) is 24.7 Å². The third-order valence-corrected chi connectivity index (χ3v) is 5.84. The van der Waals surface area contributed by atoms with Crippen molar-refractivity contribution >= 4 is 23.6 Å². The Hall–Kier alpha value is -3.15. The fourth-order valence-electron chi connectivity index (χ4n) is 3.70. The summed E-state index contributed by atoms with van der Waals surface area (Å²) < 4.78 is 11.6. The van der Waals surface area contributed by atoms with Crippen LogP contribution >= 0.6 is 11.6 Å². The molecule has 1 unspecified atom stereocenters. The summed E-state index contributed by atoms with van der Waals surface area (Å²) >= 11 is 6.22. The molecule has 1 aliphatic rings. The van der Waals surface area contributed by atoms with Gasteiger partial charge in [-0.3, -0.25) is 9.78 Å². The molecule has 33 heavy (non-hydrogen) atoms. The number of amides is 1. The molecule has 1 aromatic heterocycles. The van der Waals surface area contributed by atoms with Crippen molar-refractivity contribution in [3.63, 3.8) is 0 Å². The second kappa shape index (κ2) is 11.6. The fraction of sp³-hybridized carbons (Fsp3) is 0.259. The van der Waals surface area contributed by atoms with Crippen molar-refractivity contribution in [3.8, 4) is 5.75 Å². The highest BCUT2D eigenvalue weighted by Crippen LogP contribution is 2.20. The first-order valence-electron chi connectivity index (χ1n) is 11.1. The van der Waals surface area contributed by atoms with Gasteiger partial charge >= 0.3 is 0 Å². The second-order valence-corrected chi connectivity index (χ2v) is 8.41. The van der Waals surface area contributed by atoms with Gasteiger partial charge in [0.15, 0.2) is 0 Å². The van der Waals surface area contributed by atoms with E-state index in [0.717, 1.165) is 41.9 Å². The van der Waals surface area contributed by atoms with E-state index in [1.807, 2.05) is 65.6 Å². The molecule has 1 fully saturated rings. The van der Waals surface area contributed by atoms with Gasteiger partial charge in [0.2, 0.25) is 5.91 Å². The summed E-state index contributed by atoms with van der Waals surface area (Å²) in [6.45, 7) is 2.27. The number of rotatable bonds is 9. The van der Waals surface area contributed by atoms with E-state index in [9.17, 15) is 4.79 Å². The molecule has 0 spiro atoms. The highest BCUT2D eigenvalue weighted by atomic mass is 35.5. The van der Waals surface area contributed by atoms with E-state index in [1.54, 1.807) is 24.5 Å². The molecule has 0 radical (unpaired) electrons. The SMILES string of the molecule is O=C(C=Cc1ccccc1Cl)N(Cc1ccc(OCc2cccnc2)cc1)CC1CCCO1. The molecule has 1 aliphatic heterocycles. The lowest BCUT2D eigenvalue weighted by molar-refractivity contribution is -0.128. The summed E-state index contributed by atoms with van der Waals surface area (Å²) in [6, 6.07) is 19.2. The minimum atomic E-state index is -0.0673. The molecule has 2 heterocycles. The molecule has 1 atom stereocenters. The van der Waals surface area contributed by atoms with E-state index in [4.69, 9.17) is 21.1 Å². The number of carbonyl (C=O) groups excluding carboxylic acids is 1. The Bertz CT molecular complexity index is 1060. The van der Waals surface area contributed by atoms with Gasteiger partial charge in [-0.25, -0.2) is 0 Å². The summed E-state index contributed by atoms with van der Waals surface area (Å²) in [5.74, 6) is 0.709. The normalized spacial score (nSPS) is 15.6. The smallest absolute Gasteiger partial charge is 0.246 e. The molecule has 0 N–H and O–H groups in total. The number of nitrogens with zero attached hydrogens (tertiary/aromatic N) is 2. The molecule has 5 nitrogen and oxygen atoms in total. The van der Waals surface area contributed by atoms with E-state index in [1.165, 1.54) is 0 Å². The number of hydrogen-bond acceptors (Lipinski definition) is 4. The molecule has 1 saturated heterocycles. The lowest BCUT2D eigenvalue weighted by Crippen LogP contribution is -2.35. The maximum atomic E-state index is 13.1. The fourth-order valence-corrected chi connectivity index (χ4v) is 3.90. The average Bonchev–Trinajstić information content (AvgIpc) is 3.36. The molecule has 6 heteroatoms. The number of ether oxygens (including phenoxy) is 2. The molecule has 3 aromatic rings. The monoisotopic (exact) mass is 462 g/mol. The van der Waals surface area contributed by atoms with E-state index in [-0.39, 0.29) is 12.0 Å². The van der Waals surface area contributed by atoms with Crippen molar-refractivity contribution in [2.45, 2.75) is 32.1 Å². The lowest BCUT2D eigenvalue weighted by atomic mass is 10.1. The molecule has 0 saturated carbocycles. The molecule has 170 valence electrons. The van der Waals surface area contributed by atoms with Gasteiger partial charge in [0.25, 0.3) is 0 Å². The number of aromatic nitrogens is 1. The second-order valence-electron chi connectivity index (χ2n) is 8.00. The van der Waals surface area contributed by atoms with Gasteiger partial charge in [0.05, 0.1) is 6.10 Å². The first kappa shape index (κ1) is 23.0. The highest BCUT2D eigenvalue weighted by molar-refractivity contribution is 6.32. The first-order valence-corrected chi connectivity index (χ1v) is 11.5. The van der Waals surface area contributed by atoms with Crippen LogP contribution in [-0.4, -0.2) is 35.0 Å². The van der Waals surface area contributed by atoms with Crippen LogP contribution < -0.4 is 4.74 Å². The van der Waals surface area contributed by atoms with Gasteiger partial charge in [-0.05, 0) is 54.3 Å². The van der Waals surface area contributed by atoms with Crippen molar-refractivity contribution < 1.29 is 14.3 Å². The Kier molecular flexibility index (Phi) is 8.12. The molecule has 2 aromatic carbocycles. The summed E-state index contributed by atoms with van der Waals surface area (Å²) in [5, 5.41) is 0.620. The zero-order valence-electron chi connectivity index (χ0n) is 18.4. The number of benzene rings is 2. The summed E-state index contributed by atoms with van der Waals surface area (Å²) in [7, 11) is 0. The van der Waals surface area contributed by atoms with Crippen molar-refractivity contribution in [2.75, 3.05) is 13.2 Å². The van der Waals surface area contributed by atoms with Crippen molar-refractivity contribution in [2.24, 2.45) is 0 Å². The molecular weight excluding hydrogens is 436 g/mol. The first-order chi connectivity index (χ1) is 16.2. The van der Waals surface area contributed by atoms with Gasteiger partial charge in [-0.15, -0.1) is 0 Å². The number of carbonyl (C=O) groups is 1. The van der Waals surface area contributed by atoms with Crippen LogP contribution in [0, 0.1) is 0 Å². The van der Waals surface area contributed by atoms with E-state index < -0.39 is 0 Å². The van der Waals surface area contributed by atoms with Crippen LogP contribution in [0.1, 0.15) is 29.5 Å². The van der Waals surface area contributed by atoms with Crippen LogP contribution in [0.2, 0.25) is 5.02 Å². The quantitative estimate of drug-likeness (QED) is 0.392. The van der Waals surface area contributed by atoms with Crippen LogP contribution in [0.25, 0.3) is 6.08 Å². The van der Waals surface area contributed by atoms with Gasteiger partial charge in [-0.2, -0.15) is 0 Å². The van der Waals surface area contributed by atoms with Crippen LogP contribution in [0.5, 0.6) is 5.75 Å². The van der Waals surface area contributed by atoms with Crippen molar-refractivity contribution in [3.05, 3.63) is 101 Å². The standard InChI is InChI=1S/C27H27ClN2O3/c28-26-8-2-1-6-23(26)11-14-27(31)30(19-25-7-4-16-32-25)18-21-9-12-24(13-10-21)33-20-22-5-3-15-29-17-22/h1-3,5-6,8-15,17,25H,4,7,16,18-20H2. The highest BCUT2D eigenvalue weighted by Gasteiger charge is 2.21.